The number of rotatable bonds is 10. The summed E-state index contributed by atoms with van der Waals surface area (Å²) in [6, 6.07) is 0. The first-order valence-electron chi connectivity index (χ1n) is 5.85. The second-order valence-electron chi connectivity index (χ2n) is 3.86. The van der Waals surface area contributed by atoms with Crippen LogP contribution < -0.4 is 0 Å². The van der Waals surface area contributed by atoms with E-state index in [0.29, 0.717) is 38.5 Å². The van der Waals surface area contributed by atoms with Gasteiger partial charge in [0.25, 0.3) is 0 Å². The van der Waals surface area contributed by atoms with Gasteiger partial charge in [0.1, 0.15) is 11.6 Å². The zero-order valence-corrected chi connectivity index (χ0v) is 9.63. The lowest BCUT2D eigenvalue weighted by Crippen LogP contribution is -2.02. The number of carbonyl (C=O) groups excluding carboxylic acids is 2. The molecule has 0 saturated heterocycles. The maximum Gasteiger partial charge on any atom is 0.133 e. The van der Waals surface area contributed by atoms with E-state index in [1.807, 2.05) is 0 Å². The highest BCUT2D eigenvalue weighted by atomic mass is 16.3. The highest BCUT2D eigenvalue weighted by Crippen LogP contribution is 2.05. The molecule has 0 radical (unpaired) electrons. The highest BCUT2D eigenvalue weighted by molar-refractivity contribution is 5.81. The van der Waals surface area contributed by atoms with E-state index in [1.54, 1.807) is 0 Å². The van der Waals surface area contributed by atoms with Crippen LogP contribution in [-0.4, -0.2) is 23.3 Å². The Hall–Kier alpha value is -0.700. The van der Waals surface area contributed by atoms with E-state index in [-0.39, 0.29) is 18.2 Å². The molecule has 88 valence electrons. The number of Topliss-reactive ketones (excluding diaryl/α,β-unsaturated/α-hetero) is 2. The largest absolute Gasteiger partial charge is 0.396 e. The van der Waals surface area contributed by atoms with E-state index in [2.05, 4.69) is 6.92 Å². The van der Waals surface area contributed by atoms with Gasteiger partial charge in [0.2, 0.25) is 0 Å². The summed E-state index contributed by atoms with van der Waals surface area (Å²) in [4.78, 5) is 22.4. The van der Waals surface area contributed by atoms with Crippen LogP contribution in [0.4, 0.5) is 0 Å². The molecule has 1 N–H and O–H groups in total. The molecule has 0 aromatic carbocycles. The topological polar surface area (TPSA) is 54.4 Å². The number of hydrogen-bond acceptors (Lipinski definition) is 3. The van der Waals surface area contributed by atoms with Crippen molar-refractivity contribution >= 4 is 11.6 Å². The van der Waals surface area contributed by atoms with Gasteiger partial charge in [-0.3, -0.25) is 9.59 Å². The molecule has 3 heteroatoms. The Balaban J connectivity index is 3.36. The van der Waals surface area contributed by atoms with Crippen LogP contribution in [0.2, 0.25) is 0 Å². The molecule has 0 fully saturated rings. The number of aliphatic hydroxyl groups excluding tert-OH is 1. The zero-order valence-electron chi connectivity index (χ0n) is 9.63. The van der Waals surface area contributed by atoms with Crippen LogP contribution >= 0.6 is 0 Å². The lowest BCUT2D eigenvalue weighted by molar-refractivity contribution is -0.120. The lowest BCUT2D eigenvalue weighted by atomic mass is 10.0. The molecular formula is C12H22O3. The summed E-state index contributed by atoms with van der Waals surface area (Å²) in [5.41, 5.74) is 0. The first kappa shape index (κ1) is 14.3. The second kappa shape index (κ2) is 9.84. The summed E-state index contributed by atoms with van der Waals surface area (Å²) < 4.78 is 0. The van der Waals surface area contributed by atoms with Gasteiger partial charge in [-0.25, -0.2) is 0 Å². The summed E-state index contributed by atoms with van der Waals surface area (Å²) in [5.74, 6) is 0.430. The van der Waals surface area contributed by atoms with Crippen LogP contribution in [-0.2, 0) is 9.59 Å². The predicted molar refractivity (Wildman–Crippen MR) is 59.7 cm³/mol. The third-order valence-corrected chi connectivity index (χ3v) is 2.33. The van der Waals surface area contributed by atoms with Crippen molar-refractivity contribution in [2.75, 3.05) is 6.61 Å². The van der Waals surface area contributed by atoms with Crippen molar-refractivity contribution in [3.63, 3.8) is 0 Å². The van der Waals surface area contributed by atoms with Crippen molar-refractivity contribution in [1.82, 2.24) is 0 Å². The molecule has 0 aliphatic rings. The van der Waals surface area contributed by atoms with Crippen LogP contribution in [0.3, 0.4) is 0 Å². The number of ketones is 2. The molecule has 0 aliphatic carbocycles. The van der Waals surface area contributed by atoms with E-state index in [4.69, 9.17) is 5.11 Å². The molecule has 3 nitrogen and oxygen atoms in total. The lowest BCUT2D eigenvalue weighted by Gasteiger charge is -2.00. The quantitative estimate of drug-likeness (QED) is 0.607. The van der Waals surface area contributed by atoms with E-state index in [0.717, 1.165) is 12.8 Å². The summed E-state index contributed by atoms with van der Waals surface area (Å²) in [7, 11) is 0. The van der Waals surface area contributed by atoms with Crippen molar-refractivity contribution in [2.24, 2.45) is 0 Å². The minimum Gasteiger partial charge on any atom is -0.396 e. The maximum absolute atomic E-state index is 11.2. The monoisotopic (exact) mass is 214 g/mol. The Bertz CT molecular complexity index is 167. The van der Waals surface area contributed by atoms with Gasteiger partial charge < -0.3 is 5.11 Å². The highest BCUT2D eigenvalue weighted by Gasteiger charge is 2.04. The zero-order chi connectivity index (χ0) is 11.5. The molecule has 0 saturated carbocycles. The Morgan fingerprint density at radius 2 is 1.33 bits per heavy atom. The molecule has 0 aromatic rings. The van der Waals surface area contributed by atoms with E-state index < -0.39 is 0 Å². The van der Waals surface area contributed by atoms with Gasteiger partial charge in [-0.1, -0.05) is 13.3 Å². The minimum absolute atomic E-state index is 0.0706. The predicted octanol–water partition coefficient (Wildman–Crippen LogP) is 2.26. The van der Waals surface area contributed by atoms with Crippen molar-refractivity contribution in [2.45, 2.75) is 58.3 Å². The molecule has 0 amide bonds. The van der Waals surface area contributed by atoms with Crippen LogP contribution in [0.25, 0.3) is 0 Å². The third-order valence-electron chi connectivity index (χ3n) is 2.33. The summed E-state index contributed by atoms with van der Waals surface area (Å²) in [6.07, 6.45) is 5.33. The molecule has 0 unspecified atom stereocenters. The fourth-order valence-corrected chi connectivity index (χ4v) is 1.38. The van der Waals surface area contributed by atoms with Crippen molar-refractivity contribution < 1.29 is 14.7 Å². The summed E-state index contributed by atoms with van der Waals surface area (Å²) in [6.45, 7) is 2.13. The van der Waals surface area contributed by atoms with Gasteiger partial charge in [0, 0.05) is 32.3 Å². The maximum atomic E-state index is 11.2. The molecule has 0 spiro atoms. The first-order valence-corrected chi connectivity index (χ1v) is 5.85. The van der Waals surface area contributed by atoms with Crippen molar-refractivity contribution in [1.29, 1.82) is 0 Å². The molecule has 0 bridgehead atoms. The fraction of sp³-hybridized carbons (Fsp3) is 0.833. The van der Waals surface area contributed by atoms with Gasteiger partial charge >= 0.3 is 0 Å². The van der Waals surface area contributed by atoms with Gasteiger partial charge in [0.15, 0.2) is 0 Å². The second-order valence-corrected chi connectivity index (χ2v) is 3.86. The van der Waals surface area contributed by atoms with Crippen LogP contribution in [0.1, 0.15) is 58.3 Å². The van der Waals surface area contributed by atoms with Gasteiger partial charge in [0.05, 0.1) is 0 Å². The molecule has 0 rings (SSSR count). The first-order chi connectivity index (χ1) is 7.20. The van der Waals surface area contributed by atoms with E-state index in [1.165, 1.54) is 0 Å². The average molecular weight is 214 g/mol. The van der Waals surface area contributed by atoms with Gasteiger partial charge in [-0.05, 0) is 19.3 Å². The summed E-state index contributed by atoms with van der Waals surface area (Å²) >= 11 is 0. The van der Waals surface area contributed by atoms with Crippen molar-refractivity contribution in [3.05, 3.63) is 0 Å². The van der Waals surface area contributed by atoms with E-state index >= 15 is 0 Å². The summed E-state index contributed by atoms with van der Waals surface area (Å²) in [5, 5.41) is 8.52. The van der Waals surface area contributed by atoms with E-state index in [9.17, 15) is 9.59 Å². The fourth-order valence-electron chi connectivity index (χ4n) is 1.38. The van der Waals surface area contributed by atoms with Crippen LogP contribution in [0, 0.1) is 0 Å². The Labute approximate surface area is 91.9 Å². The van der Waals surface area contributed by atoms with Gasteiger partial charge in [-0.2, -0.15) is 0 Å². The molecule has 0 aromatic heterocycles. The SMILES string of the molecule is CCCCC(=O)CCCC(=O)CCCO. The third kappa shape index (κ3) is 9.60. The Morgan fingerprint density at radius 3 is 1.80 bits per heavy atom. The van der Waals surface area contributed by atoms with Crippen molar-refractivity contribution in [3.8, 4) is 0 Å². The number of unbranched alkanes of at least 4 members (excludes halogenated alkanes) is 1. The van der Waals surface area contributed by atoms with Crippen LogP contribution in [0.15, 0.2) is 0 Å². The number of hydrogen-bond donors (Lipinski definition) is 1. The molecule has 0 heterocycles. The minimum atomic E-state index is 0.0706. The molecule has 15 heavy (non-hydrogen) atoms. The molecule has 0 atom stereocenters. The average Bonchev–Trinajstić information content (AvgIpc) is 2.23. The Morgan fingerprint density at radius 1 is 0.867 bits per heavy atom. The van der Waals surface area contributed by atoms with Gasteiger partial charge in [-0.15, -0.1) is 0 Å². The smallest absolute Gasteiger partial charge is 0.133 e. The normalized spacial score (nSPS) is 10.3. The standard InChI is InChI=1S/C12H22O3/c1-2-3-6-11(14)7-4-8-12(15)9-5-10-13/h13H,2-10H2,1H3. The molecule has 0 aliphatic heterocycles. The number of carbonyl (C=O) groups is 2. The number of aliphatic hydroxyl groups is 1. The molecular weight excluding hydrogens is 192 g/mol. The van der Waals surface area contributed by atoms with Crippen LogP contribution in [0.5, 0.6) is 0 Å². The Kier molecular flexibility index (Phi) is 9.38.